The number of methoxy groups -OCH3 is 1. The van der Waals surface area contributed by atoms with Gasteiger partial charge in [-0.15, -0.1) is 0 Å². The molecule has 0 saturated heterocycles. The van der Waals surface area contributed by atoms with E-state index in [2.05, 4.69) is 10.6 Å². The summed E-state index contributed by atoms with van der Waals surface area (Å²) in [6.45, 7) is 4.68. The topological polar surface area (TPSA) is 79.1 Å². The predicted molar refractivity (Wildman–Crippen MR) is 94.4 cm³/mol. The highest BCUT2D eigenvalue weighted by atomic mass is 16.5. The number of fused-ring (bicyclic) bond motifs is 1. The summed E-state index contributed by atoms with van der Waals surface area (Å²) in [6, 6.07) is 13.8. The van der Waals surface area contributed by atoms with Crippen molar-refractivity contribution in [2.45, 2.75) is 25.9 Å². The average molecular weight is 310 g/mol. The Balaban J connectivity index is 2.20. The summed E-state index contributed by atoms with van der Waals surface area (Å²) in [5, 5.41) is 0. The summed E-state index contributed by atoms with van der Waals surface area (Å²) in [4.78, 5) is 4.77. The van der Waals surface area contributed by atoms with Crippen LogP contribution in [0.2, 0.25) is 0 Å². The average Bonchev–Trinajstić information content (AvgIpc) is 2.84. The normalized spacial score (nSPS) is 11.8. The maximum Gasteiger partial charge on any atom is 0.141 e. The van der Waals surface area contributed by atoms with Crippen LogP contribution in [-0.4, -0.2) is 22.2 Å². The van der Waals surface area contributed by atoms with E-state index in [1.54, 1.807) is 7.11 Å². The minimum atomic E-state index is -0.351. The molecule has 3 aromatic rings. The first-order chi connectivity index (χ1) is 10.9. The van der Waals surface area contributed by atoms with E-state index in [9.17, 15) is 0 Å². The number of nitrogen functional groups attached to an aromatic ring is 1. The highest BCUT2D eigenvalue weighted by Crippen LogP contribution is 2.30. The lowest BCUT2D eigenvalue weighted by Crippen LogP contribution is -2.37. The predicted octanol–water partition coefficient (Wildman–Crippen LogP) is 3.03. The Labute approximate surface area is 135 Å². The third kappa shape index (κ3) is 3.00. The molecule has 0 aliphatic carbocycles. The van der Waals surface area contributed by atoms with Crippen LogP contribution in [0, 0.1) is 0 Å². The first-order valence-electron chi connectivity index (χ1n) is 7.57. The quantitative estimate of drug-likeness (QED) is 0.726. The molecule has 0 amide bonds. The highest BCUT2D eigenvalue weighted by molar-refractivity contribution is 5.81. The summed E-state index contributed by atoms with van der Waals surface area (Å²) in [7, 11) is 1.61. The number of nitrogens with two attached hydrogens (primary N) is 2. The summed E-state index contributed by atoms with van der Waals surface area (Å²) in [6.07, 6.45) is 0. The molecule has 5 nitrogen and oxygen atoms in total. The molecule has 120 valence electrons. The van der Waals surface area contributed by atoms with Crippen LogP contribution in [0.5, 0.6) is 5.75 Å². The molecule has 0 aliphatic rings. The van der Waals surface area contributed by atoms with E-state index >= 15 is 0 Å². The fourth-order valence-corrected chi connectivity index (χ4v) is 2.74. The molecule has 23 heavy (non-hydrogen) atoms. The van der Waals surface area contributed by atoms with Crippen LogP contribution in [0.3, 0.4) is 0 Å². The molecular weight excluding hydrogens is 288 g/mol. The third-order valence-corrected chi connectivity index (χ3v) is 3.71. The second-order valence-corrected chi connectivity index (χ2v) is 6.46. The van der Waals surface area contributed by atoms with Crippen LogP contribution in [0.4, 0.5) is 5.69 Å². The standard InChI is InChI=1S/C18H22N4O/c1-18(2,20)11-22-15-7-5-4-6-14(15)21-17(22)12-8-9-16(23-3)13(19)10-12/h4-10H,11,19-20H2,1-3H3. The van der Waals surface area contributed by atoms with Gasteiger partial charge in [-0.25, -0.2) is 4.98 Å². The molecule has 0 radical (unpaired) electrons. The van der Waals surface area contributed by atoms with Crippen molar-refractivity contribution in [3.05, 3.63) is 42.5 Å². The van der Waals surface area contributed by atoms with Gasteiger partial charge in [0.05, 0.1) is 23.8 Å². The maximum absolute atomic E-state index is 6.25. The van der Waals surface area contributed by atoms with Gasteiger partial charge >= 0.3 is 0 Å². The molecule has 4 N–H and O–H groups in total. The van der Waals surface area contributed by atoms with Crippen molar-refractivity contribution < 1.29 is 4.74 Å². The Hall–Kier alpha value is -2.53. The molecular formula is C18H22N4O. The molecule has 2 aromatic carbocycles. The fraction of sp³-hybridized carbons (Fsp3) is 0.278. The molecule has 0 unspecified atom stereocenters. The monoisotopic (exact) mass is 310 g/mol. The van der Waals surface area contributed by atoms with Crippen molar-refractivity contribution in [3.8, 4) is 17.1 Å². The van der Waals surface area contributed by atoms with Gasteiger partial charge in [-0.1, -0.05) is 12.1 Å². The van der Waals surface area contributed by atoms with E-state index in [0.29, 0.717) is 18.0 Å². The lowest BCUT2D eigenvalue weighted by atomic mass is 10.1. The van der Waals surface area contributed by atoms with Gasteiger partial charge in [0.2, 0.25) is 0 Å². The van der Waals surface area contributed by atoms with Crippen LogP contribution in [0.1, 0.15) is 13.8 Å². The zero-order valence-corrected chi connectivity index (χ0v) is 13.7. The van der Waals surface area contributed by atoms with Crippen molar-refractivity contribution >= 4 is 16.7 Å². The molecule has 1 aromatic heterocycles. The first-order valence-corrected chi connectivity index (χ1v) is 7.57. The lowest BCUT2D eigenvalue weighted by molar-refractivity contribution is 0.417. The third-order valence-electron chi connectivity index (χ3n) is 3.71. The summed E-state index contributed by atoms with van der Waals surface area (Å²) >= 11 is 0. The van der Waals surface area contributed by atoms with Crippen LogP contribution < -0.4 is 16.2 Å². The number of hydrogen-bond donors (Lipinski definition) is 2. The Morgan fingerprint density at radius 1 is 1.17 bits per heavy atom. The first kappa shape index (κ1) is 15.4. The van der Waals surface area contributed by atoms with Gasteiger partial charge in [0, 0.05) is 17.6 Å². The fourth-order valence-electron chi connectivity index (χ4n) is 2.74. The van der Waals surface area contributed by atoms with Crippen LogP contribution >= 0.6 is 0 Å². The second kappa shape index (κ2) is 5.59. The molecule has 5 heteroatoms. The minimum absolute atomic E-state index is 0.351. The van der Waals surface area contributed by atoms with Crippen molar-refractivity contribution in [2.24, 2.45) is 5.73 Å². The molecule has 0 atom stereocenters. The minimum Gasteiger partial charge on any atom is -0.495 e. The Morgan fingerprint density at radius 2 is 1.91 bits per heavy atom. The second-order valence-electron chi connectivity index (χ2n) is 6.46. The summed E-state index contributed by atoms with van der Waals surface area (Å²) in [5.74, 6) is 1.52. The molecule has 0 aliphatic heterocycles. The van der Waals surface area contributed by atoms with Gasteiger partial charge in [-0.05, 0) is 44.2 Å². The van der Waals surface area contributed by atoms with Gasteiger partial charge in [0.15, 0.2) is 0 Å². The van der Waals surface area contributed by atoms with Crippen molar-refractivity contribution in [3.63, 3.8) is 0 Å². The van der Waals surface area contributed by atoms with Gasteiger partial charge in [-0.3, -0.25) is 0 Å². The number of hydrogen-bond acceptors (Lipinski definition) is 4. The van der Waals surface area contributed by atoms with Crippen LogP contribution in [0.25, 0.3) is 22.4 Å². The summed E-state index contributed by atoms with van der Waals surface area (Å²) < 4.78 is 7.38. The Bertz CT molecular complexity index is 846. The molecule has 0 fully saturated rings. The molecule has 0 saturated carbocycles. The van der Waals surface area contributed by atoms with Crippen molar-refractivity contribution in [1.29, 1.82) is 0 Å². The SMILES string of the molecule is COc1ccc(-c2nc3ccccc3n2CC(C)(C)N)cc1N. The Kier molecular flexibility index (Phi) is 3.74. The molecule has 0 spiro atoms. The van der Waals surface area contributed by atoms with E-state index in [1.807, 2.05) is 50.2 Å². The number of para-hydroxylation sites is 2. The summed E-state index contributed by atoms with van der Waals surface area (Å²) in [5.41, 5.74) is 15.5. The van der Waals surface area contributed by atoms with Crippen LogP contribution in [-0.2, 0) is 6.54 Å². The largest absolute Gasteiger partial charge is 0.495 e. The van der Waals surface area contributed by atoms with Crippen LogP contribution in [0.15, 0.2) is 42.5 Å². The number of nitrogens with zero attached hydrogens (tertiary/aromatic N) is 2. The number of imidazole rings is 1. The smallest absolute Gasteiger partial charge is 0.141 e. The van der Waals surface area contributed by atoms with Gasteiger partial charge in [0.25, 0.3) is 0 Å². The van der Waals surface area contributed by atoms with E-state index in [4.69, 9.17) is 21.2 Å². The zero-order valence-electron chi connectivity index (χ0n) is 13.7. The Morgan fingerprint density at radius 3 is 2.57 bits per heavy atom. The highest BCUT2D eigenvalue weighted by Gasteiger charge is 2.19. The number of rotatable bonds is 4. The molecule has 3 rings (SSSR count). The van der Waals surface area contributed by atoms with E-state index in [-0.39, 0.29) is 5.54 Å². The van der Waals surface area contributed by atoms with Gasteiger partial charge in [0.1, 0.15) is 11.6 Å². The molecule has 0 bridgehead atoms. The number of ether oxygens (including phenoxy) is 1. The zero-order chi connectivity index (χ0) is 16.6. The van der Waals surface area contributed by atoms with E-state index in [1.165, 1.54) is 0 Å². The number of aromatic nitrogens is 2. The van der Waals surface area contributed by atoms with E-state index < -0.39 is 0 Å². The van der Waals surface area contributed by atoms with E-state index in [0.717, 1.165) is 22.4 Å². The maximum atomic E-state index is 6.25. The van der Waals surface area contributed by atoms with Gasteiger partial charge in [-0.2, -0.15) is 0 Å². The van der Waals surface area contributed by atoms with Crippen molar-refractivity contribution in [2.75, 3.05) is 12.8 Å². The number of anilines is 1. The van der Waals surface area contributed by atoms with Gasteiger partial charge < -0.3 is 20.8 Å². The lowest BCUT2D eigenvalue weighted by Gasteiger charge is -2.21. The number of benzene rings is 2. The van der Waals surface area contributed by atoms with Crippen molar-refractivity contribution in [1.82, 2.24) is 9.55 Å². The molecule has 1 heterocycles.